The van der Waals surface area contributed by atoms with Crippen molar-refractivity contribution in [3.63, 3.8) is 0 Å². The number of nitrogens with zero attached hydrogens (tertiary/aromatic N) is 1. The Hall–Kier alpha value is -1.60. The number of likely N-dealkylation sites (tertiary alicyclic amines) is 1. The summed E-state index contributed by atoms with van der Waals surface area (Å²) < 4.78 is 0. The van der Waals surface area contributed by atoms with Crippen LogP contribution in [0.4, 0.5) is 0 Å². The van der Waals surface area contributed by atoms with Crippen molar-refractivity contribution in [2.75, 3.05) is 13.1 Å². The van der Waals surface area contributed by atoms with Crippen molar-refractivity contribution in [2.24, 2.45) is 5.92 Å². The molecule has 0 unspecified atom stereocenters. The summed E-state index contributed by atoms with van der Waals surface area (Å²) in [4.78, 5) is 2.70. The van der Waals surface area contributed by atoms with Crippen LogP contribution in [0.2, 0.25) is 0 Å². The molecule has 1 aliphatic heterocycles. The summed E-state index contributed by atoms with van der Waals surface area (Å²) in [5.74, 6) is 1.70. The van der Waals surface area contributed by atoms with Crippen LogP contribution in [0.25, 0.3) is 11.1 Å². The van der Waals surface area contributed by atoms with E-state index in [-0.39, 0.29) is 0 Å². The van der Waals surface area contributed by atoms with Crippen molar-refractivity contribution in [1.29, 1.82) is 0 Å². The molecular formula is C21H25N. The summed E-state index contributed by atoms with van der Waals surface area (Å²) >= 11 is 0. The normalized spacial score (nSPS) is 28.0. The molecule has 0 aromatic heterocycles. The Bertz CT molecular complexity index is 616. The molecular weight excluding hydrogens is 266 g/mol. The average Bonchev–Trinajstić information content (AvgIpc) is 3.23. The third-order valence-corrected chi connectivity index (χ3v) is 5.53. The summed E-state index contributed by atoms with van der Waals surface area (Å²) in [6.45, 7) is 5.02. The van der Waals surface area contributed by atoms with Crippen LogP contribution in [0.1, 0.15) is 37.7 Å². The number of hydrogen-bond acceptors (Lipinski definition) is 1. The van der Waals surface area contributed by atoms with Crippen molar-refractivity contribution in [1.82, 2.24) is 4.90 Å². The van der Waals surface area contributed by atoms with Gasteiger partial charge in [0.15, 0.2) is 0 Å². The first-order valence-corrected chi connectivity index (χ1v) is 8.71. The Labute approximate surface area is 134 Å². The van der Waals surface area contributed by atoms with Crippen LogP contribution in [0, 0.1) is 5.92 Å². The van der Waals surface area contributed by atoms with Crippen molar-refractivity contribution in [2.45, 2.75) is 38.1 Å². The molecule has 114 valence electrons. The lowest BCUT2D eigenvalue weighted by molar-refractivity contribution is 0.256. The van der Waals surface area contributed by atoms with Crippen LogP contribution in [0.3, 0.4) is 0 Å². The van der Waals surface area contributed by atoms with E-state index in [2.05, 4.69) is 66.4 Å². The van der Waals surface area contributed by atoms with Crippen molar-refractivity contribution in [3.05, 3.63) is 60.2 Å². The second kappa shape index (κ2) is 5.89. The quantitative estimate of drug-likeness (QED) is 0.771. The second-order valence-electron chi connectivity index (χ2n) is 7.08. The SMILES string of the molecule is C[C@@H]1CCCN1C[C@@H]1C[C@H]1c1ccc(-c2ccccc2)cc1. The Morgan fingerprint density at radius 1 is 0.955 bits per heavy atom. The highest BCUT2D eigenvalue weighted by molar-refractivity contribution is 5.63. The molecule has 1 saturated carbocycles. The first-order valence-electron chi connectivity index (χ1n) is 8.71. The molecule has 0 spiro atoms. The predicted molar refractivity (Wildman–Crippen MR) is 93.0 cm³/mol. The molecule has 0 N–H and O–H groups in total. The first-order chi connectivity index (χ1) is 10.8. The summed E-state index contributed by atoms with van der Waals surface area (Å²) in [7, 11) is 0. The van der Waals surface area contributed by atoms with Crippen molar-refractivity contribution < 1.29 is 0 Å². The van der Waals surface area contributed by atoms with Crippen LogP contribution in [-0.2, 0) is 0 Å². The molecule has 3 atom stereocenters. The maximum atomic E-state index is 2.70. The molecule has 1 saturated heterocycles. The fourth-order valence-electron chi connectivity index (χ4n) is 3.98. The topological polar surface area (TPSA) is 3.24 Å². The molecule has 22 heavy (non-hydrogen) atoms. The Morgan fingerprint density at radius 3 is 2.36 bits per heavy atom. The van der Waals surface area contributed by atoms with Gasteiger partial charge in [-0.05, 0) is 61.3 Å². The van der Waals surface area contributed by atoms with E-state index in [0.29, 0.717) is 0 Å². The maximum Gasteiger partial charge on any atom is 0.00675 e. The van der Waals surface area contributed by atoms with Crippen LogP contribution in [0.5, 0.6) is 0 Å². The van der Waals surface area contributed by atoms with Gasteiger partial charge in [0, 0.05) is 12.6 Å². The van der Waals surface area contributed by atoms with Crippen LogP contribution in [0.15, 0.2) is 54.6 Å². The Kier molecular flexibility index (Phi) is 3.75. The van der Waals surface area contributed by atoms with E-state index in [1.54, 1.807) is 0 Å². The van der Waals surface area contributed by atoms with E-state index in [1.807, 2.05) is 0 Å². The fraction of sp³-hybridized carbons (Fsp3) is 0.429. The zero-order valence-electron chi connectivity index (χ0n) is 13.4. The Balaban J connectivity index is 1.40. The van der Waals surface area contributed by atoms with E-state index in [4.69, 9.17) is 0 Å². The smallest absolute Gasteiger partial charge is 0.00675 e. The summed E-state index contributed by atoms with van der Waals surface area (Å²) in [5.41, 5.74) is 4.18. The van der Waals surface area contributed by atoms with Gasteiger partial charge in [-0.15, -0.1) is 0 Å². The highest BCUT2D eigenvalue weighted by Crippen LogP contribution is 2.48. The van der Waals surface area contributed by atoms with Crippen LogP contribution >= 0.6 is 0 Å². The molecule has 1 heterocycles. The fourth-order valence-corrected chi connectivity index (χ4v) is 3.98. The first kappa shape index (κ1) is 14.0. The van der Waals surface area contributed by atoms with Crippen molar-refractivity contribution in [3.8, 4) is 11.1 Å². The van der Waals surface area contributed by atoms with Gasteiger partial charge in [-0.25, -0.2) is 0 Å². The molecule has 2 aromatic rings. The van der Waals surface area contributed by atoms with Crippen LogP contribution < -0.4 is 0 Å². The highest BCUT2D eigenvalue weighted by Gasteiger charge is 2.40. The van der Waals surface area contributed by atoms with E-state index in [0.717, 1.165) is 17.9 Å². The zero-order valence-corrected chi connectivity index (χ0v) is 13.4. The number of hydrogen-bond donors (Lipinski definition) is 0. The minimum atomic E-state index is 0.803. The lowest BCUT2D eigenvalue weighted by atomic mass is 10.0. The second-order valence-corrected chi connectivity index (χ2v) is 7.08. The molecule has 0 radical (unpaired) electrons. The molecule has 1 aliphatic carbocycles. The number of rotatable bonds is 4. The zero-order chi connectivity index (χ0) is 14.9. The van der Waals surface area contributed by atoms with Gasteiger partial charge in [-0.3, -0.25) is 0 Å². The van der Waals surface area contributed by atoms with E-state index in [9.17, 15) is 0 Å². The van der Waals surface area contributed by atoms with Gasteiger partial charge in [-0.1, -0.05) is 54.6 Å². The maximum absolute atomic E-state index is 2.70. The van der Waals surface area contributed by atoms with Gasteiger partial charge in [0.1, 0.15) is 0 Å². The molecule has 1 heteroatoms. The van der Waals surface area contributed by atoms with Crippen LogP contribution in [-0.4, -0.2) is 24.0 Å². The number of benzene rings is 2. The molecule has 2 aliphatic rings. The Morgan fingerprint density at radius 2 is 1.68 bits per heavy atom. The van der Waals surface area contributed by atoms with Gasteiger partial charge >= 0.3 is 0 Å². The minimum absolute atomic E-state index is 0.803. The molecule has 4 rings (SSSR count). The van der Waals surface area contributed by atoms with E-state index in [1.165, 1.54) is 49.0 Å². The van der Waals surface area contributed by atoms with E-state index < -0.39 is 0 Å². The molecule has 0 bridgehead atoms. The standard InChI is InChI=1S/C21H25N/c1-16-6-5-13-22(16)15-20-14-21(20)19-11-9-18(10-12-19)17-7-3-2-4-8-17/h2-4,7-12,16,20-21H,5-6,13-15H2,1H3/t16-,20+,21+/m1/s1. The monoisotopic (exact) mass is 291 g/mol. The molecule has 1 nitrogen and oxygen atoms in total. The molecule has 2 fully saturated rings. The summed E-state index contributed by atoms with van der Waals surface area (Å²) in [6, 6.07) is 20.7. The third-order valence-electron chi connectivity index (χ3n) is 5.53. The highest BCUT2D eigenvalue weighted by atomic mass is 15.2. The third kappa shape index (κ3) is 2.83. The van der Waals surface area contributed by atoms with Gasteiger partial charge in [0.05, 0.1) is 0 Å². The van der Waals surface area contributed by atoms with E-state index >= 15 is 0 Å². The van der Waals surface area contributed by atoms with Gasteiger partial charge < -0.3 is 4.90 Å². The average molecular weight is 291 g/mol. The molecule has 0 amide bonds. The summed E-state index contributed by atoms with van der Waals surface area (Å²) in [5, 5.41) is 0. The van der Waals surface area contributed by atoms with Gasteiger partial charge in [-0.2, -0.15) is 0 Å². The lowest BCUT2D eigenvalue weighted by Crippen LogP contribution is -2.29. The van der Waals surface area contributed by atoms with Gasteiger partial charge in [0.25, 0.3) is 0 Å². The largest absolute Gasteiger partial charge is 0.300 e. The lowest BCUT2D eigenvalue weighted by Gasteiger charge is -2.20. The minimum Gasteiger partial charge on any atom is -0.300 e. The predicted octanol–water partition coefficient (Wildman–Crippen LogP) is 4.94. The van der Waals surface area contributed by atoms with Gasteiger partial charge in [0.2, 0.25) is 0 Å². The molecule has 2 aromatic carbocycles. The van der Waals surface area contributed by atoms with Crippen molar-refractivity contribution >= 4 is 0 Å². The summed E-state index contributed by atoms with van der Waals surface area (Å²) in [6.07, 6.45) is 4.17.